The summed E-state index contributed by atoms with van der Waals surface area (Å²) in [5.74, 6) is -0.482. The normalized spacial score (nSPS) is 19.8. The van der Waals surface area contributed by atoms with Crippen LogP contribution < -0.4 is 0 Å². The smallest absolute Gasteiger partial charge is 0.419 e. The minimum absolute atomic E-state index is 0.107. The Kier molecular flexibility index (Phi) is 6.43. The van der Waals surface area contributed by atoms with Gasteiger partial charge in [-0.1, -0.05) is 34.1 Å². The maximum absolute atomic E-state index is 12.9. The van der Waals surface area contributed by atoms with Crippen molar-refractivity contribution in [2.75, 3.05) is 20.7 Å². The van der Waals surface area contributed by atoms with E-state index in [9.17, 15) is 9.59 Å². The zero-order valence-corrected chi connectivity index (χ0v) is 19.9. The van der Waals surface area contributed by atoms with Crippen molar-refractivity contribution in [2.45, 2.75) is 45.8 Å². The molecule has 1 aromatic carbocycles. The van der Waals surface area contributed by atoms with E-state index < -0.39 is 11.7 Å². The van der Waals surface area contributed by atoms with Crippen molar-refractivity contribution in [3.05, 3.63) is 46.1 Å². The third-order valence-electron chi connectivity index (χ3n) is 5.32. The molecule has 0 N–H and O–H groups in total. The average Bonchev–Trinajstić information content (AvgIpc) is 3.05. The number of esters is 1. The molecule has 6 nitrogen and oxygen atoms in total. The van der Waals surface area contributed by atoms with Crippen molar-refractivity contribution in [2.24, 2.45) is 5.92 Å². The molecule has 162 valence electrons. The lowest BCUT2D eigenvalue weighted by molar-refractivity contribution is -0.144. The Hall–Kier alpha value is -2.12. The van der Waals surface area contributed by atoms with Crippen LogP contribution in [0.3, 0.4) is 0 Å². The molecule has 1 aliphatic heterocycles. The molecule has 2 aromatic rings. The molecular formula is C23H29BrN2O4. The molecule has 7 heteroatoms. The van der Waals surface area contributed by atoms with Crippen molar-refractivity contribution in [1.29, 1.82) is 0 Å². The summed E-state index contributed by atoms with van der Waals surface area (Å²) >= 11 is 3.67. The van der Waals surface area contributed by atoms with Gasteiger partial charge in [0.15, 0.2) is 0 Å². The third kappa shape index (κ3) is 4.62. The average molecular weight is 477 g/mol. The number of fused-ring (bicyclic) bond motifs is 1. The van der Waals surface area contributed by atoms with Gasteiger partial charge in [0.05, 0.1) is 18.5 Å². The number of benzene rings is 1. The summed E-state index contributed by atoms with van der Waals surface area (Å²) in [4.78, 5) is 26.9. The van der Waals surface area contributed by atoms with Gasteiger partial charge in [-0.15, -0.1) is 0 Å². The Labute approximate surface area is 185 Å². The number of likely N-dealkylation sites (N-methyl/N-ethyl adjacent to an activating group) is 1. The summed E-state index contributed by atoms with van der Waals surface area (Å²) in [6.45, 7) is 8.17. The molecule has 2 heterocycles. The van der Waals surface area contributed by atoms with Gasteiger partial charge in [0.2, 0.25) is 0 Å². The van der Waals surface area contributed by atoms with Gasteiger partial charge < -0.3 is 9.47 Å². The van der Waals surface area contributed by atoms with E-state index in [1.807, 2.05) is 65.2 Å². The second-order valence-electron chi connectivity index (χ2n) is 8.82. The Balaban J connectivity index is 2.00. The first-order valence-electron chi connectivity index (χ1n) is 10.0. The standard InChI is InChI=1S/C23H29BrN2O4/c1-14-7-10-18(24)19-16(13-26(20(14)19)22(28)30-23(2,3)4)11-17-9-8-15(12-25(17)5)21(27)29-6/h7-10,13,15,17H,11-12H2,1-6H3/t15-,17+/m1/s1. The lowest BCUT2D eigenvalue weighted by atomic mass is 9.96. The van der Waals surface area contributed by atoms with Gasteiger partial charge in [0, 0.05) is 28.6 Å². The lowest BCUT2D eigenvalue weighted by Crippen LogP contribution is -2.41. The van der Waals surface area contributed by atoms with E-state index in [0.717, 1.165) is 26.5 Å². The predicted octanol–water partition coefficient (Wildman–Crippen LogP) is 4.70. The SMILES string of the molecule is COC(=O)[C@@H]1C=C[C@@H](Cc2cn(C(=O)OC(C)(C)C)c3c(C)ccc(Br)c23)N(C)C1. The molecule has 2 atom stereocenters. The predicted molar refractivity (Wildman–Crippen MR) is 121 cm³/mol. The van der Waals surface area contributed by atoms with Crippen LogP contribution in [-0.2, 0) is 20.7 Å². The Morgan fingerprint density at radius 1 is 1.23 bits per heavy atom. The second kappa shape index (κ2) is 8.55. The van der Waals surface area contributed by atoms with Crippen molar-refractivity contribution >= 4 is 38.9 Å². The zero-order valence-electron chi connectivity index (χ0n) is 18.4. The molecule has 1 aliphatic rings. The van der Waals surface area contributed by atoms with Crippen LogP contribution in [-0.4, -0.2) is 53.9 Å². The Bertz CT molecular complexity index is 1000. The fraction of sp³-hybridized carbons (Fsp3) is 0.478. The summed E-state index contributed by atoms with van der Waals surface area (Å²) in [7, 11) is 3.41. The minimum atomic E-state index is -0.580. The number of hydrogen-bond acceptors (Lipinski definition) is 5. The fourth-order valence-corrected chi connectivity index (χ4v) is 4.43. The van der Waals surface area contributed by atoms with Crippen molar-refractivity contribution in [3.63, 3.8) is 0 Å². The molecular weight excluding hydrogens is 448 g/mol. The topological polar surface area (TPSA) is 60.8 Å². The van der Waals surface area contributed by atoms with Crippen molar-refractivity contribution in [1.82, 2.24) is 9.47 Å². The van der Waals surface area contributed by atoms with Gasteiger partial charge in [0.25, 0.3) is 0 Å². The molecule has 3 rings (SSSR count). The van der Waals surface area contributed by atoms with E-state index in [0.29, 0.717) is 13.0 Å². The second-order valence-corrected chi connectivity index (χ2v) is 9.67. The van der Waals surface area contributed by atoms with E-state index in [4.69, 9.17) is 9.47 Å². The number of hydrogen-bond donors (Lipinski definition) is 0. The number of rotatable bonds is 3. The van der Waals surface area contributed by atoms with Crippen LogP contribution in [0.25, 0.3) is 10.9 Å². The summed E-state index contributed by atoms with van der Waals surface area (Å²) in [5.41, 5.74) is 2.32. The number of halogens is 1. The number of methoxy groups -OCH3 is 1. The summed E-state index contributed by atoms with van der Waals surface area (Å²) in [6, 6.07) is 4.11. The largest absolute Gasteiger partial charge is 0.469 e. The summed E-state index contributed by atoms with van der Waals surface area (Å²) in [6.07, 6.45) is 6.16. The van der Waals surface area contributed by atoms with E-state index in [-0.39, 0.29) is 17.9 Å². The van der Waals surface area contributed by atoms with Crippen LogP contribution >= 0.6 is 15.9 Å². The quantitative estimate of drug-likeness (QED) is 0.474. The first-order valence-corrected chi connectivity index (χ1v) is 10.8. The molecule has 0 fully saturated rings. The number of carbonyl (C=O) groups is 2. The summed E-state index contributed by atoms with van der Waals surface area (Å²) in [5, 5.41) is 1.01. The molecule has 0 amide bonds. The molecule has 0 bridgehead atoms. The zero-order chi connectivity index (χ0) is 22.2. The molecule has 0 spiro atoms. The fourth-order valence-electron chi connectivity index (χ4n) is 3.85. The van der Waals surface area contributed by atoms with Crippen LogP contribution in [0, 0.1) is 12.8 Å². The van der Waals surface area contributed by atoms with Crippen LogP contribution in [0.4, 0.5) is 4.79 Å². The first kappa shape index (κ1) is 22.6. The van der Waals surface area contributed by atoms with Gasteiger partial charge >= 0.3 is 12.1 Å². The highest BCUT2D eigenvalue weighted by atomic mass is 79.9. The summed E-state index contributed by atoms with van der Waals surface area (Å²) < 4.78 is 13.1. The highest BCUT2D eigenvalue weighted by Crippen LogP contribution is 2.34. The number of aromatic nitrogens is 1. The highest BCUT2D eigenvalue weighted by Gasteiger charge is 2.28. The molecule has 0 aliphatic carbocycles. The van der Waals surface area contributed by atoms with Crippen LogP contribution in [0.1, 0.15) is 31.9 Å². The van der Waals surface area contributed by atoms with Crippen LogP contribution in [0.5, 0.6) is 0 Å². The van der Waals surface area contributed by atoms with E-state index in [1.165, 1.54) is 7.11 Å². The maximum Gasteiger partial charge on any atom is 0.419 e. The minimum Gasteiger partial charge on any atom is -0.469 e. The Morgan fingerprint density at radius 3 is 2.53 bits per heavy atom. The number of ether oxygens (including phenoxy) is 2. The molecule has 1 aromatic heterocycles. The maximum atomic E-state index is 12.9. The lowest BCUT2D eigenvalue weighted by Gasteiger charge is -2.31. The molecule has 0 saturated heterocycles. The molecule has 30 heavy (non-hydrogen) atoms. The van der Waals surface area contributed by atoms with Gasteiger partial charge in [-0.3, -0.25) is 14.3 Å². The number of aryl methyl sites for hydroxylation is 1. The molecule has 0 radical (unpaired) electrons. The molecule has 0 unspecified atom stereocenters. The first-order chi connectivity index (χ1) is 14.0. The third-order valence-corrected chi connectivity index (χ3v) is 5.98. The van der Waals surface area contributed by atoms with E-state index in [2.05, 4.69) is 20.8 Å². The van der Waals surface area contributed by atoms with Crippen LogP contribution in [0.2, 0.25) is 0 Å². The van der Waals surface area contributed by atoms with Crippen molar-refractivity contribution < 1.29 is 19.1 Å². The van der Waals surface area contributed by atoms with Gasteiger partial charge in [0.1, 0.15) is 5.60 Å². The van der Waals surface area contributed by atoms with E-state index >= 15 is 0 Å². The Morgan fingerprint density at radius 2 is 1.93 bits per heavy atom. The van der Waals surface area contributed by atoms with Gasteiger partial charge in [-0.2, -0.15) is 0 Å². The van der Waals surface area contributed by atoms with Gasteiger partial charge in [-0.05, 0) is 58.4 Å². The van der Waals surface area contributed by atoms with Gasteiger partial charge in [-0.25, -0.2) is 4.79 Å². The van der Waals surface area contributed by atoms with E-state index in [1.54, 1.807) is 4.57 Å². The van der Waals surface area contributed by atoms with Crippen molar-refractivity contribution in [3.8, 4) is 0 Å². The van der Waals surface area contributed by atoms with Crippen LogP contribution in [0.15, 0.2) is 35.0 Å². The number of nitrogens with zero attached hydrogens (tertiary/aromatic N) is 2. The number of carbonyl (C=O) groups excluding carboxylic acids is 2. The molecule has 0 saturated carbocycles. The highest BCUT2D eigenvalue weighted by molar-refractivity contribution is 9.10. The monoisotopic (exact) mass is 476 g/mol.